The molecule has 1 N–H and O–H groups in total. The largest absolute Gasteiger partial charge is 0.502 e. The lowest BCUT2D eigenvalue weighted by Crippen LogP contribution is -2.40. The second-order valence-corrected chi connectivity index (χ2v) is 11.8. The zero-order valence-corrected chi connectivity index (χ0v) is 23.7. The van der Waals surface area contributed by atoms with Gasteiger partial charge in [-0.3, -0.25) is 24.1 Å². The molecular formula is C32H29NO7S. The molecular weight excluding hydrogens is 542 g/mol. The lowest BCUT2D eigenvalue weighted by atomic mass is 9.60. The third-order valence-corrected chi connectivity index (χ3v) is 9.44. The van der Waals surface area contributed by atoms with Crippen LogP contribution in [0.1, 0.15) is 30.2 Å². The minimum Gasteiger partial charge on any atom is -0.502 e. The van der Waals surface area contributed by atoms with E-state index in [2.05, 4.69) is 0 Å². The van der Waals surface area contributed by atoms with Crippen LogP contribution in [0.3, 0.4) is 0 Å². The number of fused-ring (bicyclic) bond motifs is 3. The third kappa shape index (κ3) is 4.35. The van der Waals surface area contributed by atoms with E-state index in [0.29, 0.717) is 28.7 Å². The Morgan fingerprint density at radius 2 is 1.80 bits per heavy atom. The Kier molecular flexibility index (Phi) is 6.77. The standard InChI is InChI=1S/C32H29NO7S/c1-16-11-24(34)23-14-22-19(8-9-21-28(22)32(38)33(31(21)37)15-18-5-4-10-41-18)20(27(23)29(16)35)7-6-17-12-25(39-2)30(36)26(13-17)40-3/h4-8,10-13,20-22,28,36H,9,14-15H2,1-3H3. The van der Waals surface area contributed by atoms with Gasteiger partial charge in [0.2, 0.25) is 17.6 Å². The summed E-state index contributed by atoms with van der Waals surface area (Å²) in [4.78, 5) is 56.2. The predicted octanol–water partition coefficient (Wildman–Crippen LogP) is 4.65. The van der Waals surface area contributed by atoms with Gasteiger partial charge in [0.25, 0.3) is 0 Å². The smallest absolute Gasteiger partial charge is 0.234 e. The fraction of sp³-hybridized carbons (Fsp3) is 0.312. The zero-order chi connectivity index (χ0) is 29.0. The number of hydrogen-bond donors (Lipinski definition) is 1. The highest BCUT2D eigenvalue weighted by molar-refractivity contribution is 7.09. The van der Waals surface area contributed by atoms with Gasteiger partial charge in [0, 0.05) is 27.5 Å². The molecule has 1 saturated heterocycles. The summed E-state index contributed by atoms with van der Waals surface area (Å²) in [6.45, 7) is 1.88. The summed E-state index contributed by atoms with van der Waals surface area (Å²) in [5.74, 6) is -2.48. The number of rotatable bonds is 6. The molecule has 0 bridgehead atoms. The molecule has 0 spiro atoms. The number of benzene rings is 1. The van der Waals surface area contributed by atoms with Crippen molar-refractivity contribution in [3.8, 4) is 17.2 Å². The zero-order valence-electron chi connectivity index (χ0n) is 22.9. The molecule has 2 amide bonds. The lowest BCUT2D eigenvalue weighted by Gasteiger charge is -2.41. The van der Waals surface area contributed by atoms with Crippen LogP contribution in [0.2, 0.25) is 0 Å². The number of phenolic OH excluding ortho intramolecular Hbond substituents is 1. The summed E-state index contributed by atoms with van der Waals surface area (Å²) in [5, 5.41) is 12.2. The number of methoxy groups -OCH3 is 2. The van der Waals surface area contributed by atoms with Crippen molar-refractivity contribution in [2.75, 3.05) is 14.2 Å². The number of ether oxygens (including phenoxy) is 2. The molecule has 2 heterocycles. The lowest BCUT2D eigenvalue weighted by molar-refractivity contribution is -0.140. The first-order valence-corrected chi connectivity index (χ1v) is 14.3. The summed E-state index contributed by atoms with van der Waals surface area (Å²) in [7, 11) is 2.88. The Balaban J connectivity index is 1.41. The van der Waals surface area contributed by atoms with E-state index in [-0.39, 0.29) is 59.5 Å². The quantitative estimate of drug-likeness (QED) is 0.305. The number of imide groups is 1. The topological polar surface area (TPSA) is 110 Å². The summed E-state index contributed by atoms with van der Waals surface area (Å²) in [5.41, 5.74) is 2.76. The first-order valence-electron chi connectivity index (χ1n) is 13.4. The van der Waals surface area contributed by atoms with Crippen LogP contribution in [0, 0.1) is 23.7 Å². The van der Waals surface area contributed by atoms with Crippen LogP contribution in [0.15, 0.2) is 70.2 Å². The van der Waals surface area contributed by atoms with Crippen molar-refractivity contribution in [1.82, 2.24) is 4.90 Å². The average Bonchev–Trinajstić information content (AvgIpc) is 3.57. The average molecular weight is 572 g/mol. The summed E-state index contributed by atoms with van der Waals surface area (Å²) < 4.78 is 10.6. The van der Waals surface area contributed by atoms with E-state index in [9.17, 15) is 24.3 Å². The third-order valence-electron chi connectivity index (χ3n) is 8.58. The molecule has 8 nitrogen and oxygen atoms in total. The molecule has 6 rings (SSSR count). The molecule has 1 aromatic carbocycles. The number of Topliss-reactive ketones (excluding diaryl/α,β-unsaturated/α-hetero) is 1. The van der Waals surface area contributed by atoms with Crippen LogP contribution in [0.5, 0.6) is 17.2 Å². The molecule has 4 unspecified atom stereocenters. The van der Waals surface area contributed by atoms with Gasteiger partial charge >= 0.3 is 0 Å². The predicted molar refractivity (Wildman–Crippen MR) is 152 cm³/mol. The van der Waals surface area contributed by atoms with Crippen LogP contribution in [-0.4, -0.2) is 47.6 Å². The van der Waals surface area contributed by atoms with Gasteiger partial charge in [-0.05, 0) is 60.9 Å². The molecule has 4 atom stereocenters. The molecule has 0 radical (unpaired) electrons. The van der Waals surface area contributed by atoms with Gasteiger partial charge < -0.3 is 14.6 Å². The van der Waals surface area contributed by atoms with Gasteiger partial charge in [-0.25, -0.2) is 0 Å². The van der Waals surface area contributed by atoms with Crippen molar-refractivity contribution in [2.45, 2.75) is 26.3 Å². The molecule has 41 heavy (non-hydrogen) atoms. The number of aromatic hydroxyl groups is 1. The van der Waals surface area contributed by atoms with Gasteiger partial charge in [-0.15, -0.1) is 11.3 Å². The fourth-order valence-corrected chi connectivity index (χ4v) is 7.33. The van der Waals surface area contributed by atoms with E-state index in [1.165, 1.54) is 36.5 Å². The number of allylic oxidation sites excluding steroid dienone is 7. The molecule has 9 heteroatoms. The molecule has 3 aliphatic carbocycles. The molecule has 210 valence electrons. The van der Waals surface area contributed by atoms with E-state index in [0.717, 1.165) is 10.5 Å². The monoisotopic (exact) mass is 571 g/mol. The van der Waals surface area contributed by atoms with Crippen LogP contribution in [0.25, 0.3) is 6.08 Å². The maximum absolute atomic E-state index is 13.8. The fourth-order valence-electron chi connectivity index (χ4n) is 6.64. The molecule has 2 aromatic rings. The highest BCUT2D eigenvalue weighted by Crippen LogP contribution is 2.53. The Hall–Kier alpha value is -4.24. The van der Waals surface area contributed by atoms with E-state index < -0.39 is 17.8 Å². The highest BCUT2D eigenvalue weighted by atomic mass is 32.1. The van der Waals surface area contributed by atoms with Crippen LogP contribution < -0.4 is 9.47 Å². The van der Waals surface area contributed by atoms with Gasteiger partial charge in [0.1, 0.15) is 0 Å². The Labute approximate surface area is 241 Å². The number of phenols is 1. The summed E-state index contributed by atoms with van der Waals surface area (Å²) in [6, 6.07) is 7.10. The summed E-state index contributed by atoms with van der Waals surface area (Å²) in [6.07, 6.45) is 7.66. The minimum atomic E-state index is -0.587. The number of thiophene rings is 1. The van der Waals surface area contributed by atoms with Gasteiger partial charge in [-0.1, -0.05) is 29.9 Å². The van der Waals surface area contributed by atoms with Crippen molar-refractivity contribution in [1.29, 1.82) is 0 Å². The first-order chi connectivity index (χ1) is 19.7. The highest BCUT2D eigenvalue weighted by Gasteiger charge is 2.55. The number of amides is 2. The maximum Gasteiger partial charge on any atom is 0.234 e. The van der Waals surface area contributed by atoms with Gasteiger partial charge in [0.05, 0.1) is 32.6 Å². The minimum absolute atomic E-state index is 0.124. The second-order valence-electron chi connectivity index (χ2n) is 10.7. The Morgan fingerprint density at radius 3 is 2.46 bits per heavy atom. The number of carbonyl (C=O) groups is 4. The molecule has 1 aromatic heterocycles. The summed E-state index contributed by atoms with van der Waals surface area (Å²) >= 11 is 1.50. The van der Waals surface area contributed by atoms with Gasteiger partial charge in [-0.2, -0.15) is 0 Å². The van der Waals surface area contributed by atoms with Gasteiger partial charge in [0.15, 0.2) is 23.1 Å². The van der Waals surface area contributed by atoms with Crippen molar-refractivity contribution in [3.05, 3.63) is 80.6 Å². The van der Waals surface area contributed by atoms with Crippen LogP contribution >= 0.6 is 11.3 Å². The first kappa shape index (κ1) is 27.0. The molecule has 1 aliphatic heterocycles. The van der Waals surface area contributed by atoms with E-state index in [1.54, 1.807) is 25.1 Å². The van der Waals surface area contributed by atoms with Crippen molar-refractivity contribution < 1.29 is 33.8 Å². The SMILES string of the molecule is COc1cc(C=CC2C3=CCC4C(=O)N(Cc5cccs5)C(=O)C4C3CC3=C2C(=O)C(C)=CC3=O)cc(OC)c1O. The normalized spacial score (nSPS) is 25.7. The number of ketones is 2. The van der Waals surface area contributed by atoms with Crippen LogP contribution in [-0.2, 0) is 25.7 Å². The number of likely N-dealkylation sites (tertiary alicyclic amines) is 1. The number of carbonyl (C=O) groups excluding carboxylic acids is 4. The Morgan fingerprint density at radius 1 is 1.07 bits per heavy atom. The van der Waals surface area contributed by atoms with Crippen molar-refractivity contribution in [2.24, 2.45) is 23.7 Å². The van der Waals surface area contributed by atoms with Crippen molar-refractivity contribution >= 4 is 40.8 Å². The second kappa shape index (κ2) is 10.3. The maximum atomic E-state index is 13.8. The van der Waals surface area contributed by atoms with E-state index >= 15 is 0 Å². The van der Waals surface area contributed by atoms with Crippen molar-refractivity contribution in [3.63, 3.8) is 0 Å². The Bertz CT molecular complexity index is 1580. The molecule has 4 aliphatic rings. The van der Waals surface area contributed by atoms with E-state index in [1.807, 2.05) is 29.7 Å². The molecule has 1 fully saturated rings. The van der Waals surface area contributed by atoms with E-state index in [4.69, 9.17) is 9.47 Å². The molecule has 0 saturated carbocycles. The van der Waals surface area contributed by atoms with Crippen LogP contribution in [0.4, 0.5) is 0 Å². The number of hydrogen-bond acceptors (Lipinski definition) is 8. The number of nitrogens with zero attached hydrogens (tertiary/aromatic N) is 1.